The molecule has 2 nitrogen and oxygen atoms in total. The molecule has 0 saturated heterocycles. The van der Waals surface area contributed by atoms with Crippen molar-refractivity contribution in [1.82, 2.24) is 0 Å². The third kappa shape index (κ3) is 3.27. The number of anilines is 1. The summed E-state index contributed by atoms with van der Waals surface area (Å²) in [6.45, 7) is 2.89. The number of rotatable bonds is 4. The largest absolute Gasteiger partial charge is 0.368 e. The second-order valence-electron chi connectivity index (χ2n) is 5.90. The second-order valence-corrected chi connectivity index (χ2v) is 5.90. The Bertz CT molecular complexity index is 407. The minimum absolute atomic E-state index is 0.160. The third-order valence-corrected chi connectivity index (χ3v) is 4.49. The summed E-state index contributed by atoms with van der Waals surface area (Å²) in [5.74, 6) is 1.19. The van der Waals surface area contributed by atoms with Gasteiger partial charge in [0.1, 0.15) is 5.82 Å². The second kappa shape index (κ2) is 6.38. The van der Waals surface area contributed by atoms with Crippen LogP contribution in [0.15, 0.2) is 24.3 Å². The fraction of sp³-hybridized carbons (Fsp3) is 0.625. The average Bonchev–Trinajstić information content (AvgIpc) is 2.40. The third-order valence-electron chi connectivity index (χ3n) is 4.49. The van der Waals surface area contributed by atoms with Crippen molar-refractivity contribution in [3.63, 3.8) is 0 Å². The molecule has 19 heavy (non-hydrogen) atoms. The van der Waals surface area contributed by atoms with Crippen LogP contribution in [0, 0.1) is 17.7 Å². The number of hydrogen-bond donors (Lipinski definition) is 1. The van der Waals surface area contributed by atoms with Crippen LogP contribution >= 0.6 is 0 Å². The molecule has 0 radical (unpaired) electrons. The summed E-state index contributed by atoms with van der Waals surface area (Å²) >= 11 is 0. The van der Waals surface area contributed by atoms with E-state index in [4.69, 9.17) is 5.73 Å². The van der Waals surface area contributed by atoms with E-state index in [2.05, 4.69) is 6.92 Å². The van der Waals surface area contributed by atoms with E-state index in [0.29, 0.717) is 18.2 Å². The van der Waals surface area contributed by atoms with E-state index in [-0.39, 0.29) is 11.9 Å². The average molecular weight is 264 g/mol. The maximum absolute atomic E-state index is 13.9. The SMILES string of the molecule is CC1CCCC(C(CN)N(C)c2ccccc2F)C1. The first-order valence-corrected chi connectivity index (χ1v) is 7.31. The molecular formula is C16H25FN2. The van der Waals surface area contributed by atoms with Gasteiger partial charge in [0.15, 0.2) is 0 Å². The molecule has 0 bridgehead atoms. The van der Waals surface area contributed by atoms with E-state index in [0.717, 1.165) is 5.92 Å². The quantitative estimate of drug-likeness (QED) is 0.903. The highest BCUT2D eigenvalue weighted by Gasteiger charge is 2.29. The van der Waals surface area contributed by atoms with Gasteiger partial charge >= 0.3 is 0 Å². The van der Waals surface area contributed by atoms with Gasteiger partial charge in [0.05, 0.1) is 5.69 Å². The van der Waals surface area contributed by atoms with Gasteiger partial charge < -0.3 is 10.6 Å². The fourth-order valence-electron chi connectivity index (χ4n) is 3.41. The summed E-state index contributed by atoms with van der Waals surface area (Å²) in [6.07, 6.45) is 5.01. The molecule has 1 aromatic carbocycles. The van der Waals surface area contributed by atoms with Gasteiger partial charge in [-0.05, 0) is 36.8 Å². The Kier molecular flexibility index (Phi) is 4.81. The predicted octanol–water partition coefficient (Wildman–Crippen LogP) is 3.42. The van der Waals surface area contributed by atoms with Gasteiger partial charge in [0.25, 0.3) is 0 Å². The number of benzene rings is 1. The standard InChI is InChI=1S/C16H25FN2/c1-12-6-5-7-13(10-12)16(11-18)19(2)15-9-4-3-8-14(15)17/h3-4,8-9,12-13,16H,5-7,10-11,18H2,1-2H3. The molecule has 0 amide bonds. The Morgan fingerprint density at radius 1 is 1.37 bits per heavy atom. The van der Waals surface area contributed by atoms with E-state index in [9.17, 15) is 4.39 Å². The summed E-state index contributed by atoms with van der Waals surface area (Å²) in [5.41, 5.74) is 6.64. The smallest absolute Gasteiger partial charge is 0.146 e. The number of para-hydroxylation sites is 1. The van der Waals surface area contributed by atoms with Gasteiger partial charge in [0, 0.05) is 19.6 Å². The molecule has 0 heterocycles. The van der Waals surface area contributed by atoms with E-state index in [1.54, 1.807) is 6.07 Å². The monoisotopic (exact) mass is 264 g/mol. The highest BCUT2D eigenvalue weighted by molar-refractivity contribution is 5.48. The Morgan fingerprint density at radius 2 is 2.11 bits per heavy atom. The lowest BCUT2D eigenvalue weighted by Crippen LogP contribution is -2.45. The Morgan fingerprint density at radius 3 is 2.74 bits per heavy atom. The van der Waals surface area contributed by atoms with Crippen LogP contribution in [0.2, 0.25) is 0 Å². The van der Waals surface area contributed by atoms with Crippen LogP contribution < -0.4 is 10.6 Å². The van der Waals surface area contributed by atoms with E-state index < -0.39 is 0 Å². The predicted molar refractivity (Wildman–Crippen MR) is 78.8 cm³/mol. The van der Waals surface area contributed by atoms with Gasteiger partial charge in [-0.3, -0.25) is 0 Å². The van der Waals surface area contributed by atoms with Crippen molar-refractivity contribution in [1.29, 1.82) is 0 Å². The number of nitrogens with zero attached hydrogens (tertiary/aromatic N) is 1. The summed E-state index contributed by atoms with van der Waals surface area (Å²) in [7, 11) is 1.97. The fourth-order valence-corrected chi connectivity index (χ4v) is 3.41. The van der Waals surface area contributed by atoms with Crippen molar-refractivity contribution in [3.8, 4) is 0 Å². The Labute approximate surface area is 115 Å². The number of likely N-dealkylation sites (N-methyl/N-ethyl adjacent to an activating group) is 1. The van der Waals surface area contributed by atoms with Crippen molar-refractivity contribution in [2.45, 2.75) is 38.6 Å². The molecule has 1 aliphatic rings. The zero-order valence-corrected chi connectivity index (χ0v) is 12.0. The first kappa shape index (κ1) is 14.3. The molecule has 1 fully saturated rings. The molecular weight excluding hydrogens is 239 g/mol. The van der Waals surface area contributed by atoms with Gasteiger partial charge in [-0.15, -0.1) is 0 Å². The van der Waals surface area contributed by atoms with Crippen LogP contribution in [-0.2, 0) is 0 Å². The molecule has 0 aliphatic heterocycles. The molecule has 1 aliphatic carbocycles. The van der Waals surface area contributed by atoms with E-state index >= 15 is 0 Å². The zero-order chi connectivity index (χ0) is 13.8. The number of halogens is 1. The molecule has 2 rings (SSSR count). The van der Waals surface area contributed by atoms with Crippen LogP contribution in [0.25, 0.3) is 0 Å². The van der Waals surface area contributed by atoms with Crippen molar-refractivity contribution in [3.05, 3.63) is 30.1 Å². The van der Waals surface area contributed by atoms with Crippen LogP contribution in [0.1, 0.15) is 32.6 Å². The van der Waals surface area contributed by atoms with Crippen molar-refractivity contribution in [2.24, 2.45) is 17.6 Å². The minimum atomic E-state index is -0.160. The number of hydrogen-bond acceptors (Lipinski definition) is 2. The number of nitrogens with two attached hydrogens (primary N) is 1. The van der Waals surface area contributed by atoms with Crippen molar-refractivity contribution in [2.75, 3.05) is 18.5 Å². The van der Waals surface area contributed by atoms with Crippen LogP contribution in [-0.4, -0.2) is 19.6 Å². The highest BCUT2D eigenvalue weighted by Crippen LogP contribution is 2.34. The Hall–Kier alpha value is -1.09. The van der Waals surface area contributed by atoms with E-state index in [1.165, 1.54) is 31.7 Å². The summed E-state index contributed by atoms with van der Waals surface area (Å²) in [6, 6.07) is 7.20. The highest BCUT2D eigenvalue weighted by atomic mass is 19.1. The molecule has 0 spiro atoms. The lowest BCUT2D eigenvalue weighted by Gasteiger charge is -2.39. The van der Waals surface area contributed by atoms with Gasteiger partial charge in [-0.25, -0.2) is 4.39 Å². The van der Waals surface area contributed by atoms with Crippen molar-refractivity contribution >= 4 is 5.69 Å². The molecule has 3 heteroatoms. The van der Waals surface area contributed by atoms with Gasteiger partial charge in [-0.1, -0.05) is 31.9 Å². The topological polar surface area (TPSA) is 29.3 Å². The van der Waals surface area contributed by atoms with Crippen LogP contribution in [0.3, 0.4) is 0 Å². The summed E-state index contributed by atoms with van der Waals surface area (Å²) in [5, 5.41) is 0. The lowest BCUT2D eigenvalue weighted by molar-refractivity contribution is 0.244. The molecule has 1 aromatic rings. The van der Waals surface area contributed by atoms with Crippen molar-refractivity contribution < 1.29 is 4.39 Å². The molecule has 3 atom stereocenters. The molecule has 2 N–H and O–H groups in total. The molecule has 0 aromatic heterocycles. The maximum atomic E-state index is 13.9. The summed E-state index contributed by atoms with van der Waals surface area (Å²) < 4.78 is 13.9. The first-order valence-electron chi connectivity index (χ1n) is 7.31. The lowest BCUT2D eigenvalue weighted by atomic mass is 9.78. The Balaban J connectivity index is 2.15. The molecule has 1 saturated carbocycles. The summed E-state index contributed by atoms with van der Waals surface area (Å²) in [4.78, 5) is 2.04. The molecule has 3 unspecified atom stereocenters. The van der Waals surface area contributed by atoms with Gasteiger partial charge in [-0.2, -0.15) is 0 Å². The van der Waals surface area contributed by atoms with E-state index in [1.807, 2.05) is 24.1 Å². The molecule has 106 valence electrons. The maximum Gasteiger partial charge on any atom is 0.146 e. The first-order chi connectivity index (χ1) is 9.13. The normalized spacial score (nSPS) is 25.1. The van der Waals surface area contributed by atoms with Gasteiger partial charge in [0.2, 0.25) is 0 Å². The minimum Gasteiger partial charge on any atom is -0.368 e. The van der Waals surface area contributed by atoms with Crippen LogP contribution in [0.4, 0.5) is 10.1 Å². The zero-order valence-electron chi connectivity index (χ0n) is 12.0. The van der Waals surface area contributed by atoms with Crippen LogP contribution in [0.5, 0.6) is 0 Å².